The Kier molecular flexibility index (Phi) is 7.61. The standard InChI is InChI=1S/C16H24O6/c1-3-12(17)14(19)10-21-16(8-6-5-7-9-16)22-11-15(20)13(18)4-2/h3-4,14-15,19-20H,1-2,5-11H2. The summed E-state index contributed by atoms with van der Waals surface area (Å²) in [4.78, 5) is 22.6. The fourth-order valence-corrected chi connectivity index (χ4v) is 2.32. The highest BCUT2D eigenvalue weighted by Gasteiger charge is 2.36. The molecule has 1 aliphatic rings. The second-order valence-corrected chi connectivity index (χ2v) is 5.34. The van der Waals surface area contributed by atoms with E-state index in [4.69, 9.17) is 9.47 Å². The first-order chi connectivity index (χ1) is 10.4. The third-order valence-electron chi connectivity index (χ3n) is 3.68. The van der Waals surface area contributed by atoms with Crippen molar-refractivity contribution in [2.75, 3.05) is 13.2 Å². The van der Waals surface area contributed by atoms with Crippen molar-refractivity contribution in [1.29, 1.82) is 0 Å². The molecule has 2 unspecified atom stereocenters. The van der Waals surface area contributed by atoms with Gasteiger partial charge in [0.25, 0.3) is 0 Å². The van der Waals surface area contributed by atoms with Gasteiger partial charge in [-0.1, -0.05) is 19.6 Å². The number of carbonyl (C=O) groups excluding carboxylic acids is 2. The molecule has 0 aliphatic heterocycles. The molecule has 0 saturated heterocycles. The highest BCUT2D eigenvalue weighted by atomic mass is 16.7. The maximum Gasteiger partial charge on any atom is 0.185 e. The molecular weight excluding hydrogens is 288 g/mol. The predicted molar refractivity (Wildman–Crippen MR) is 80.1 cm³/mol. The molecule has 0 amide bonds. The molecule has 0 aromatic rings. The molecule has 0 spiro atoms. The number of ketones is 2. The van der Waals surface area contributed by atoms with Crippen molar-refractivity contribution in [2.24, 2.45) is 0 Å². The van der Waals surface area contributed by atoms with Gasteiger partial charge in [-0.3, -0.25) is 9.59 Å². The summed E-state index contributed by atoms with van der Waals surface area (Å²) in [6.45, 7) is 6.19. The van der Waals surface area contributed by atoms with Crippen LogP contribution in [0.1, 0.15) is 32.1 Å². The number of carbonyl (C=O) groups is 2. The van der Waals surface area contributed by atoms with E-state index in [1.165, 1.54) is 0 Å². The van der Waals surface area contributed by atoms with Crippen LogP contribution in [0.2, 0.25) is 0 Å². The largest absolute Gasteiger partial charge is 0.383 e. The van der Waals surface area contributed by atoms with E-state index in [2.05, 4.69) is 13.2 Å². The summed E-state index contributed by atoms with van der Waals surface area (Å²) in [6.07, 6.45) is 3.43. The molecule has 0 heterocycles. The third kappa shape index (κ3) is 5.46. The predicted octanol–water partition coefficient (Wildman–Crippen LogP) is 0.912. The second-order valence-electron chi connectivity index (χ2n) is 5.34. The molecule has 1 rings (SSSR count). The minimum absolute atomic E-state index is 0.212. The highest BCUT2D eigenvalue weighted by Crippen LogP contribution is 2.33. The lowest BCUT2D eigenvalue weighted by atomic mass is 9.94. The molecule has 0 aromatic heterocycles. The Morgan fingerprint density at radius 2 is 1.36 bits per heavy atom. The van der Waals surface area contributed by atoms with Crippen LogP contribution in [-0.4, -0.2) is 53.0 Å². The van der Waals surface area contributed by atoms with Gasteiger partial charge >= 0.3 is 0 Å². The summed E-state index contributed by atoms with van der Waals surface area (Å²) in [5, 5.41) is 19.3. The van der Waals surface area contributed by atoms with Crippen molar-refractivity contribution in [3.05, 3.63) is 25.3 Å². The number of hydrogen-bond donors (Lipinski definition) is 2. The fraction of sp³-hybridized carbons (Fsp3) is 0.625. The Hall–Kier alpha value is -1.34. The van der Waals surface area contributed by atoms with Crippen LogP contribution >= 0.6 is 0 Å². The van der Waals surface area contributed by atoms with Gasteiger partial charge in [-0.2, -0.15) is 0 Å². The number of hydrogen-bond acceptors (Lipinski definition) is 6. The number of aliphatic hydroxyl groups excluding tert-OH is 2. The van der Waals surface area contributed by atoms with Crippen LogP contribution in [0.25, 0.3) is 0 Å². The third-order valence-corrected chi connectivity index (χ3v) is 3.68. The summed E-state index contributed by atoms with van der Waals surface area (Å²) < 4.78 is 11.3. The zero-order chi connectivity index (χ0) is 16.6. The van der Waals surface area contributed by atoms with Crippen LogP contribution in [0.15, 0.2) is 25.3 Å². The quantitative estimate of drug-likeness (QED) is 0.460. The maximum atomic E-state index is 11.3. The SMILES string of the molecule is C=CC(=O)C(O)COC1(OCC(O)C(=O)C=C)CCCCC1. The van der Waals surface area contributed by atoms with Gasteiger partial charge in [0.05, 0.1) is 13.2 Å². The summed E-state index contributed by atoms with van der Waals surface area (Å²) in [6, 6.07) is 0. The van der Waals surface area contributed by atoms with Crippen LogP contribution in [0, 0.1) is 0 Å². The van der Waals surface area contributed by atoms with E-state index in [1.807, 2.05) is 0 Å². The fourth-order valence-electron chi connectivity index (χ4n) is 2.32. The minimum atomic E-state index is -1.29. The number of aliphatic hydroxyl groups is 2. The monoisotopic (exact) mass is 312 g/mol. The lowest BCUT2D eigenvalue weighted by Gasteiger charge is -2.37. The lowest BCUT2D eigenvalue weighted by molar-refractivity contribution is -0.265. The average Bonchev–Trinajstić information content (AvgIpc) is 2.56. The number of ether oxygens (including phenoxy) is 2. The van der Waals surface area contributed by atoms with Crippen LogP contribution in [0.4, 0.5) is 0 Å². The van der Waals surface area contributed by atoms with Crippen molar-refractivity contribution < 1.29 is 29.3 Å². The van der Waals surface area contributed by atoms with E-state index in [0.717, 1.165) is 31.4 Å². The van der Waals surface area contributed by atoms with E-state index in [9.17, 15) is 19.8 Å². The molecule has 0 bridgehead atoms. The Morgan fingerprint density at radius 3 is 1.73 bits per heavy atom. The van der Waals surface area contributed by atoms with Crippen LogP contribution < -0.4 is 0 Å². The van der Waals surface area contributed by atoms with E-state index in [1.54, 1.807) is 0 Å². The molecule has 1 saturated carbocycles. The van der Waals surface area contributed by atoms with Gasteiger partial charge in [0.1, 0.15) is 12.2 Å². The second kappa shape index (κ2) is 8.95. The molecule has 6 heteroatoms. The molecule has 2 atom stereocenters. The zero-order valence-electron chi connectivity index (χ0n) is 12.7. The Labute approximate surface area is 130 Å². The van der Waals surface area contributed by atoms with Crippen LogP contribution in [0.3, 0.4) is 0 Å². The molecule has 22 heavy (non-hydrogen) atoms. The highest BCUT2D eigenvalue weighted by molar-refractivity contribution is 5.93. The molecule has 0 aromatic carbocycles. The van der Waals surface area contributed by atoms with Gasteiger partial charge in [-0.25, -0.2) is 0 Å². The molecule has 2 N–H and O–H groups in total. The van der Waals surface area contributed by atoms with Crippen LogP contribution in [0.5, 0.6) is 0 Å². The van der Waals surface area contributed by atoms with Crippen molar-refractivity contribution in [3.8, 4) is 0 Å². The van der Waals surface area contributed by atoms with Crippen molar-refractivity contribution in [1.82, 2.24) is 0 Å². The first-order valence-electron chi connectivity index (χ1n) is 7.41. The first kappa shape index (κ1) is 18.7. The molecule has 124 valence electrons. The van der Waals surface area contributed by atoms with Gasteiger partial charge in [0, 0.05) is 12.8 Å². The molecule has 0 radical (unpaired) electrons. The Balaban J connectivity index is 2.61. The van der Waals surface area contributed by atoms with E-state index in [-0.39, 0.29) is 13.2 Å². The molecule has 1 aliphatic carbocycles. The van der Waals surface area contributed by atoms with Crippen molar-refractivity contribution >= 4 is 11.6 Å². The van der Waals surface area contributed by atoms with Gasteiger partial charge in [0.15, 0.2) is 17.4 Å². The summed E-state index contributed by atoms with van der Waals surface area (Å²) >= 11 is 0. The minimum Gasteiger partial charge on any atom is -0.383 e. The van der Waals surface area contributed by atoms with Crippen molar-refractivity contribution in [3.63, 3.8) is 0 Å². The van der Waals surface area contributed by atoms with E-state index in [0.29, 0.717) is 12.8 Å². The first-order valence-corrected chi connectivity index (χ1v) is 7.41. The average molecular weight is 312 g/mol. The summed E-state index contributed by atoms with van der Waals surface area (Å²) in [5.74, 6) is -2.02. The smallest absolute Gasteiger partial charge is 0.185 e. The number of rotatable bonds is 10. The van der Waals surface area contributed by atoms with Gasteiger partial charge in [-0.15, -0.1) is 0 Å². The summed E-state index contributed by atoms with van der Waals surface area (Å²) in [7, 11) is 0. The molecule has 6 nitrogen and oxygen atoms in total. The topological polar surface area (TPSA) is 93.1 Å². The Bertz CT molecular complexity index is 379. The maximum absolute atomic E-state index is 11.3. The molecule has 1 fully saturated rings. The van der Waals surface area contributed by atoms with Crippen molar-refractivity contribution in [2.45, 2.75) is 50.1 Å². The van der Waals surface area contributed by atoms with Gasteiger partial charge in [-0.05, 0) is 25.0 Å². The van der Waals surface area contributed by atoms with E-state index < -0.39 is 29.6 Å². The summed E-state index contributed by atoms with van der Waals surface area (Å²) in [5.41, 5.74) is 0. The van der Waals surface area contributed by atoms with Crippen LogP contribution in [-0.2, 0) is 19.1 Å². The van der Waals surface area contributed by atoms with E-state index >= 15 is 0 Å². The lowest BCUT2D eigenvalue weighted by Crippen LogP contribution is -2.43. The normalized spacial score (nSPS) is 19.9. The zero-order valence-corrected chi connectivity index (χ0v) is 12.7. The van der Waals surface area contributed by atoms with Gasteiger partial charge in [0.2, 0.25) is 0 Å². The van der Waals surface area contributed by atoms with Gasteiger partial charge < -0.3 is 19.7 Å². The Morgan fingerprint density at radius 1 is 0.955 bits per heavy atom. The molecular formula is C16H24O6.